The summed E-state index contributed by atoms with van der Waals surface area (Å²) in [5.41, 5.74) is 0. The molecule has 87 heavy (non-hydrogen) atoms. The van der Waals surface area contributed by atoms with E-state index in [2.05, 4.69) is 115 Å². The van der Waals surface area contributed by atoms with Crippen LogP contribution in [0.4, 0.5) is 0 Å². The van der Waals surface area contributed by atoms with Gasteiger partial charge >= 0.3 is 8.25 Å². The van der Waals surface area contributed by atoms with Crippen molar-refractivity contribution >= 4 is 8.25 Å². The first kappa shape index (κ1) is 106. The van der Waals surface area contributed by atoms with E-state index in [1.807, 2.05) is 0 Å². The summed E-state index contributed by atoms with van der Waals surface area (Å²) in [6, 6.07) is 0. The van der Waals surface area contributed by atoms with Gasteiger partial charge in [-0.05, 0) is 13.8 Å². The predicted molar refractivity (Wildman–Crippen MR) is 414 cm³/mol. The summed E-state index contributed by atoms with van der Waals surface area (Å²) < 4.78 is 14.1. The molecule has 0 fully saturated rings. The summed E-state index contributed by atoms with van der Waals surface area (Å²) in [4.78, 5) is 8.05. The number of hydrogen-bond donors (Lipinski definition) is 1. The average Bonchev–Trinajstić information content (AvgIpc) is 3.51. The summed E-state index contributed by atoms with van der Waals surface area (Å²) in [5, 5.41) is 0. The summed E-state index contributed by atoms with van der Waals surface area (Å²) >= 11 is 0. The zero-order chi connectivity index (χ0) is 67.1. The fourth-order valence-corrected chi connectivity index (χ4v) is 10.3. The first-order valence-electron chi connectivity index (χ1n) is 41.3. The second-order valence-corrected chi connectivity index (χ2v) is 27.2. The van der Waals surface area contributed by atoms with Crippen molar-refractivity contribution in [2.45, 2.75) is 542 Å². The van der Waals surface area contributed by atoms with Crippen LogP contribution in [0.25, 0.3) is 0 Å². The molecule has 540 valence electrons. The Balaban J connectivity index is -0.000000113. The van der Waals surface area contributed by atoms with Crippen LogP contribution in [-0.2, 0) is 9.09 Å². The van der Waals surface area contributed by atoms with Gasteiger partial charge in [-0.25, -0.2) is 0 Å². The van der Waals surface area contributed by atoms with E-state index in [4.69, 9.17) is 4.89 Å². The highest BCUT2D eigenvalue weighted by atomic mass is 31.1. The molecule has 0 aliphatic carbocycles. The molecule has 3 nitrogen and oxygen atoms in total. The van der Waals surface area contributed by atoms with Crippen LogP contribution in [0.2, 0.25) is 0 Å². The molecule has 0 aromatic carbocycles. The van der Waals surface area contributed by atoms with Crippen molar-refractivity contribution in [2.75, 3.05) is 0 Å². The zero-order valence-corrected chi connectivity index (χ0v) is 66.6. The topological polar surface area (TPSA) is 46.5 Å². The van der Waals surface area contributed by atoms with Gasteiger partial charge in [0.1, 0.15) is 0 Å². The highest BCUT2D eigenvalue weighted by Crippen LogP contribution is 2.17. The predicted octanol–water partition coefficient (Wildman–Crippen LogP) is 34.0. The van der Waals surface area contributed by atoms with Gasteiger partial charge in [-0.15, -0.1) is 0 Å². The Labute approximate surface area is 560 Å². The monoisotopic (exact) mass is 1260 g/mol. The Kier molecular flexibility index (Phi) is 150. The van der Waals surface area contributed by atoms with Gasteiger partial charge < -0.3 is 9.42 Å². The molecule has 0 aromatic heterocycles. The summed E-state index contributed by atoms with van der Waals surface area (Å²) in [6.45, 7) is 39.7. The highest BCUT2D eigenvalue weighted by molar-refractivity contribution is 7.32. The molecule has 0 aliphatic heterocycles. The van der Waals surface area contributed by atoms with E-state index >= 15 is 0 Å². The lowest BCUT2D eigenvalue weighted by molar-refractivity contribution is 0.222. The quantitative estimate of drug-likeness (QED) is 0.0488. The van der Waals surface area contributed by atoms with Gasteiger partial charge in [0.2, 0.25) is 0 Å². The molecule has 0 rings (SSSR count). The van der Waals surface area contributed by atoms with Crippen molar-refractivity contribution in [1.82, 2.24) is 0 Å². The lowest BCUT2D eigenvalue weighted by Crippen LogP contribution is -1.92. The largest absolute Gasteiger partial charge is 0.326 e. The van der Waals surface area contributed by atoms with Gasteiger partial charge in [0.05, 0.1) is 6.10 Å². The van der Waals surface area contributed by atoms with Gasteiger partial charge in [-0.1, -0.05) is 522 Å². The molecule has 0 aliphatic rings. The van der Waals surface area contributed by atoms with Crippen molar-refractivity contribution in [3.63, 3.8) is 0 Å². The Bertz CT molecular complexity index is 684. The fourth-order valence-electron chi connectivity index (χ4n) is 9.86. The average molecular weight is 1260 g/mol. The summed E-state index contributed by atoms with van der Waals surface area (Å²) in [7, 11) is -2.68. The van der Waals surface area contributed by atoms with Crippen LogP contribution in [-0.4, -0.2) is 11.0 Å². The van der Waals surface area contributed by atoms with Crippen molar-refractivity contribution in [2.24, 2.45) is 0 Å². The number of hydrogen-bond acceptors (Lipinski definition) is 2. The minimum Gasteiger partial charge on any atom is -0.326 e. The van der Waals surface area contributed by atoms with E-state index in [9.17, 15) is 4.57 Å². The van der Waals surface area contributed by atoms with Crippen molar-refractivity contribution in [3.05, 3.63) is 0 Å². The third-order valence-electron chi connectivity index (χ3n) is 16.0. The maximum absolute atomic E-state index is 9.77. The SMILES string of the molecule is CC(C)O[PH](=O)O.CCCCCCCCCC.CCCCCCCCCC.CCCCCCCCCC.CCCCCCCCCC.CCCCCCCCCC.CCCCCCCCCC.CCCCCCCCCC.CCCCCCCCCC. The Morgan fingerprint density at radius 2 is 0.253 bits per heavy atom. The molecule has 0 saturated heterocycles. The molecule has 1 atom stereocenters. The van der Waals surface area contributed by atoms with Gasteiger partial charge in [0.25, 0.3) is 0 Å². The molecule has 0 bridgehead atoms. The van der Waals surface area contributed by atoms with Gasteiger partial charge in [-0.3, -0.25) is 4.57 Å². The molecule has 1 unspecified atom stereocenters. The smallest absolute Gasteiger partial charge is 0.316 e. The lowest BCUT2D eigenvalue weighted by atomic mass is 10.1. The molecule has 1 N–H and O–H groups in total. The van der Waals surface area contributed by atoms with Crippen molar-refractivity contribution in [1.29, 1.82) is 0 Å². The first-order valence-corrected chi connectivity index (χ1v) is 42.6. The van der Waals surface area contributed by atoms with E-state index in [-0.39, 0.29) is 6.10 Å². The number of rotatable bonds is 58. The van der Waals surface area contributed by atoms with E-state index in [1.54, 1.807) is 13.8 Å². The molecular formula is C83H185O3P. The summed E-state index contributed by atoms with van der Waals surface area (Å²) in [5.74, 6) is 0. The normalized spacial score (nSPS) is 10.6. The van der Waals surface area contributed by atoms with E-state index in [0.29, 0.717) is 0 Å². The molecule has 0 amide bonds. The second-order valence-electron chi connectivity index (χ2n) is 26.4. The van der Waals surface area contributed by atoms with Crippen LogP contribution in [0.15, 0.2) is 0 Å². The van der Waals surface area contributed by atoms with Gasteiger partial charge in [0.15, 0.2) is 0 Å². The third kappa shape index (κ3) is 169. The Morgan fingerprint density at radius 1 is 0.184 bits per heavy atom. The molecule has 0 radical (unpaired) electrons. The molecule has 4 heteroatoms. The molecule has 0 spiro atoms. The van der Waals surface area contributed by atoms with Gasteiger partial charge in [0, 0.05) is 0 Å². The van der Waals surface area contributed by atoms with Crippen LogP contribution in [0, 0.1) is 0 Å². The van der Waals surface area contributed by atoms with E-state index in [0.717, 1.165) is 0 Å². The second kappa shape index (κ2) is 123. The zero-order valence-electron chi connectivity index (χ0n) is 65.6. The van der Waals surface area contributed by atoms with Gasteiger partial charge in [-0.2, -0.15) is 0 Å². The molecular weight excluding hydrogens is 1080 g/mol. The maximum Gasteiger partial charge on any atom is 0.316 e. The Hall–Kier alpha value is 0.150. The Morgan fingerprint density at radius 3 is 0.287 bits per heavy atom. The molecule has 0 aromatic rings. The van der Waals surface area contributed by atoms with Crippen LogP contribution >= 0.6 is 8.25 Å². The van der Waals surface area contributed by atoms with Crippen molar-refractivity contribution in [3.8, 4) is 0 Å². The van der Waals surface area contributed by atoms with Crippen LogP contribution < -0.4 is 0 Å². The lowest BCUT2D eigenvalue weighted by Gasteiger charge is -1.99. The van der Waals surface area contributed by atoms with Crippen LogP contribution in [0.5, 0.6) is 0 Å². The first-order chi connectivity index (χ1) is 42.4. The summed E-state index contributed by atoms with van der Waals surface area (Å²) in [6.07, 6.45) is 91.5. The minimum absolute atomic E-state index is 0.142. The van der Waals surface area contributed by atoms with E-state index < -0.39 is 8.25 Å². The standard InChI is InChI=1S/8C10H22.C3H9O3P/c8*1-3-5-7-9-10-8-6-4-2;1-3(2)6-7(4)5/h8*3-10H2,1-2H3;3,7H,1-2H3,(H,4,5). The third-order valence-corrected chi connectivity index (χ3v) is 16.7. The number of unbranched alkanes of at least 4 members (excludes halogenated alkanes) is 56. The molecule has 0 heterocycles. The van der Waals surface area contributed by atoms with E-state index in [1.165, 1.54) is 411 Å². The van der Waals surface area contributed by atoms with Crippen LogP contribution in [0.1, 0.15) is 536 Å². The molecule has 0 saturated carbocycles. The van der Waals surface area contributed by atoms with Crippen molar-refractivity contribution < 1.29 is 14.0 Å². The minimum atomic E-state index is -2.68. The maximum atomic E-state index is 9.77. The fraction of sp³-hybridized carbons (Fsp3) is 1.00. The van der Waals surface area contributed by atoms with Crippen LogP contribution in [0.3, 0.4) is 0 Å². The highest BCUT2D eigenvalue weighted by Gasteiger charge is 1.95.